The van der Waals surface area contributed by atoms with Crippen molar-refractivity contribution in [2.75, 3.05) is 0 Å². The molecule has 0 saturated carbocycles. The van der Waals surface area contributed by atoms with Crippen LogP contribution in [0.5, 0.6) is 0 Å². The lowest BCUT2D eigenvalue weighted by Crippen LogP contribution is -2.20. The topological polar surface area (TPSA) is 51.2 Å². The zero-order valence-electron chi connectivity index (χ0n) is 12.1. The smallest absolute Gasteiger partial charge is 0.156 e. The maximum atomic E-state index is 11.6. The van der Waals surface area contributed by atoms with E-state index in [1.807, 2.05) is 34.6 Å². The molecule has 0 fully saturated rings. The van der Waals surface area contributed by atoms with E-state index in [0.29, 0.717) is 0 Å². The summed E-state index contributed by atoms with van der Waals surface area (Å²) in [6, 6.07) is 0. The Morgan fingerprint density at radius 2 is 1.39 bits per heavy atom. The first-order valence-corrected chi connectivity index (χ1v) is 6.35. The Balaban J connectivity index is 3.97. The van der Waals surface area contributed by atoms with Crippen LogP contribution in [0, 0.1) is 5.41 Å². The van der Waals surface area contributed by atoms with Gasteiger partial charge in [-0.25, -0.2) is 0 Å². The molecule has 0 radical (unpaired) electrons. The first-order chi connectivity index (χ1) is 8.12. The highest BCUT2D eigenvalue weighted by atomic mass is 16.1. The van der Waals surface area contributed by atoms with Gasteiger partial charge in [0, 0.05) is 31.1 Å². The van der Waals surface area contributed by atoms with Crippen LogP contribution in [-0.4, -0.2) is 17.3 Å². The molecular weight excluding hydrogens is 228 g/mol. The van der Waals surface area contributed by atoms with Crippen LogP contribution >= 0.6 is 0 Å². The fraction of sp³-hybridized carbons (Fsp3) is 0.667. The fourth-order valence-electron chi connectivity index (χ4n) is 1.41. The Morgan fingerprint density at radius 1 is 0.889 bits per heavy atom. The summed E-state index contributed by atoms with van der Waals surface area (Å²) in [5.74, 6) is 0.0556. The number of carbonyl (C=O) groups is 3. The molecule has 0 heterocycles. The van der Waals surface area contributed by atoms with Gasteiger partial charge in [-0.15, -0.1) is 0 Å². The largest absolute Gasteiger partial charge is 0.300 e. The molecule has 0 spiro atoms. The molecule has 0 aromatic rings. The lowest BCUT2D eigenvalue weighted by molar-refractivity contribution is -0.129. The highest BCUT2D eigenvalue weighted by Crippen LogP contribution is 2.18. The van der Waals surface area contributed by atoms with Crippen molar-refractivity contribution < 1.29 is 14.4 Å². The van der Waals surface area contributed by atoms with E-state index in [2.05, 4.69) is 0 Å². The maximum absolute atomic E-state index is 11.6. The van der Waals surface area contributed by atoms with Crippen LogP contribution in [-0.2, 0) is 14.4 Å². The van der Waals surface area contributed by atoms with E-state index in [9.17, 15) is 14.4 Å². The molecule has 18 heavy (non-hydrogen) atoms. The van der Waals surface area contributed by atoms with Crippen LogP contribution in [0.2, 0.25) is 0 Å². The summed E-state index contributed by atoms with van der Waals surface area (Å²) in [5, 5.41) is 0. The van der Waals surface area contributed by atoms with Gasteiger partial charge in [0.15, 0.2) is 5.78 Å². The quantitative estimate of drug-likeness (QED) is 0.653. The van der Waals surface area contributed by atoms with Gasteiger partial charge in [0.25, 0.3) is 0 Å². The van der Waals surface area contributed by atoms with Crippen molar-refractivity contribution in [1.29, 1.82) is 0 Å². The SMILES string of the molecule is CC(C)=CC(=O)CCC(=O)CCC(=O)C(C)(C)C. The van der Waals surface area contributed by atoms with Crippen LogP contribution in [0.4, 0.5) is 0 Å². The molecule has 102 valence electrons. The van der Waals surface area contributed by atoms with Gasteiger partial charge in [0.05, 0.1) is 0 Å². The highest BCUT2D eigenvalue weighted by molar-refractivity contribution is 5.94. The van der Waals surface area contributed by atoms with Crippen molar-refractivity contribution in [2.45, 2.75) is 60.3 Å². The molecule has 0 rings (SSSR count). The van der Waals surface area contributed by atoms with Crippen molar-refractivity contribution in [1.82, 2.24) is 0 Å². The molecular formula is C15H24O3. The highest BCUT2D eigenvalue weighted by Gasteiger charge is 2.21. The standard InChI is InChI=1S/C15H24O3/c1-11(2)10-13(17)7-6-12(16)8-9-14(18)15(3,4)5/h10H,6-9H2,1-5H3. The molecule has 0 aromatic carbocycles. The Labute approximate surface area is 110 Å². The molecule has 0 N–H and O–H groups in total. The lowest BCUT2D eigenvalue weighted by atomic mass is 9.87. The van der Waals surface area contributed by atoms with E-state index in [1.54, 1.807) is 6.08 Å². The van der Waals surface area contributed by atoms with E-state index in [1.165, 1.54) is 0 Å². The molecule has 0 amide bonds. The summed E-state index contributed by atoms with van der Waals surface area (Å²) < 4.78 is 0. The van der Waals surface area contributed by atoms with E-state index in [0.717, 1.165) is 5.57 Å². The van der Waals surface area contributed by atoms with Crippen molar-refractivity contribution in [3.8, 4) is 0 Å². The first-order valence-electron chi connectivity index (χ1n) is 6.35. The third-order valence-electron chi connectivity index (χ3n) is 2.57. The molecule has 0 saturated heterocycles. The Morgan fingerprint density at radius 3 is 1.83 bits per heavy atom. The summed E-state index contributed by atoms with van der Waals surface area (Å²) in [4.78, 5) is 34.5. The van der Waals surface area contributed by atoms with Gasteiger partial charge in [-0.2, -0.15) is 0 Å². The molecule has 0 aliphatic rings. The van der Waals surface area contributed by atoms with Crippen LogP contribution in [0.25, 0.3) is 0 Å². The Bertz CT molecular complexity index is 352. The van der Waals surface area contributed by atoms with Crippen molar-refractivity contribution in [3.05, 3.63) is 11.6 Å². The minimum atomic E-state index is -0.391. The summed E-state index contributed by atoms with van der Waals surface area (Å²) in [7, 11) is 0. The van der Waals surface area contributed by atoms with Gasteiger partial charge in [-0.05, 0) is 19.9 Å². The molecule has 0 aliphatic carbocycles. The molecule has 0 bridgehead atoms. The average Bonchev–Trinajstić information content (AvgIpc) is 2.20. The van der Waals surface area contributed by atoms with E-state index >= 15 is 0 Å². The second kappa shape index (κ2) is 7.24. The summed E-state index contributed by atoms with van der Waals surface area (Å²) in [6.45, 7) is 9.23. The lowest BCUT2D eigenvalue weighted by Gasteiger charge is -2.15. The van der Waals surface area contributed by atoms with Gasteiger partial charge in [0.1, 0.15) is 11.6 Å². The molecule has 3 heteroatoms. The number of carbonyl (C=O) groups excluding carboxylic acids is 3. The predicted molar refractivity (Wildman–Crippen MR) is 72.4 cm³/mol. The number of rotatable bonds is 7. The van der Waals surface area contributed by atoms with E-state index in [-0.39, 0.29) is 43.0 Å². The van der Waals surface area contributed by atoms with Crippen LogP contribution in [0.1, 0.15) is 60.3 Å². The third-order valence-corrected chi connectivity index (χ3v) is 2.57. The second-order valence-corrected chi connectivity index (χ2v) is 5.90. The molecule has 3 nitrogen and oxygen atoms in total. The van der Waals surface area contributed by atoms with E-state index in [4.69, 9.17) is 0 Å². The summed E-state index contributed by atoms with van der Waals surface area (Å²) in [6.07, 6.45) is 2.55. The zero-order valence-corrected chi connectivity index (χ0v) is 12.1. The molecule has 0 aliphatic heterocycles. The normalized spacial score (nSPS) is 10.9. The summed E-state index contributed by atoms with van der Waals surface area (Å²) >= 11 is 0. The number of hydrogen-bond donors (Lipinski definition) is 0. The van der Waals surface area contributed by atoms with Crippen molar-refractivity contribution in [2.24, 2.45) is 5.41 Å². The molecule has 0 unspecified atom stereocenters. The predicted octanol–water partition coefficient (Wildman–Crippen LogP) is 3.27. The average molecular weight is 252 g/mol. The Hall–Kier alpha value is -1.25. The molecule has 0 aromatic heterocycles. The third kappa shape index (κ3) is 7.93. The van der Waals surface area contributed by atoms with Gasteiger partial charge >= 0.3 is 0 Å². The van der Waals surface area contributed by atoms with Gasteiger partial charge in [-0.1, -0.05) is 26.3 Å². The number of hydrogen-bond acceptors (Lipinski definition) is 3. The number of allylic oxidation sites excluding steroid dienone is 2. The first kappa shape index (κ1) is 16.8. The van der Waals surface area contributed by atoms with Gasteiger partial charge in [0.2, 0.25) is 0 Å². The van der Waals surface area contributed by atoms with Crippen LogP contribution in [0.15, 0.2) is 11.6 Å². The second-order valence-electron chi connectivity index (χ2n) is 5.90. The monoisotopic (exact) mass is 252 g/mol. The van der Waals surface area contributed by atoms with Crippen LogP contribution in [0.3, 0.4) is 0 Å². The minimum Gasteiger partial charge on any atom is -0.300 e. The minimum absolute atomic E-state index is 0.0110. The number of Topliss-reactive ketones (excluding diaryl/α,β-unsaturated/α-hetero) is 2. The fourth-order valence-corrected chi connectivity index (χ4v) is 1.41. The Kier molecular flexibility index (Phi) is 6.74. The van der Waals surface area contributed by atoms with E-state index < -0.39 is 5.41 Å². The van der Waals surface area contributed by atoms with Crippen molar-refractivity contribution >= 4 is 17.3 Å². The van der Waals surface area contributed by atoms with Gasteiger partial charge in [-0.3, -0.25) is 14.4 Å². The maximum Gasteiger partial charge on any atom is 0.156 e. The van der Waals surface area contributed by atoms with Gasteiger partial charge < -0.3 is 0 Å². The number of ketones is 3. The van der Waals surface area contributed by atoms with Crippen molar-refractivity contribution in [3.63, 3.8) is 0 Å². The summed E-state index contributed by atoms with van der Waals surface area (Å²) in [5.41, 5.74) is 0.549. The van der Waals surface area contributed by atoms with Crippen LogP contribution < -0.4 is 0 Å². The molecule has 0 atom stereocenters. The zero-order chi connectivity index (χ0) is 14.3.